The summed E-state index contributed by atoms with van der Waals surface area (Å²) in [7, 11) is 0. The van der Waals surface area contributed by atoms with Crippen LogP contribution in [-0.2, 0) is 11.0 Å². The molecule has 1 unspecified atom stereocenters. The van der Waals surface area contributed by atoms with E-state index in [4.69, 9.17) is 11.6 Å². The van der Waals surface area contributed by atoms with Crippen molar-refractivity contribution in [2.24, 2.45) is 0 Å². The van der Waals surface area contributed by atoms with Crippen LogP contribution in [0.3, 0.4) is 0 Å². The molecule has 0 fully saturated rings. The number of hydrogen-bond donors (Lipinski definition) is 1. The normalized spacial score (nSPS) is 15.6. The average Bonchev–Trinajstić information content (AvgIpc) is 3.24. The summed E-state index contributed by atoms with van der Waals surface area (Å²) in [5, 5.41) is 14.4. The van der Waals surface area contributed by atoms with Gasteiger partial charge in [-0.25, -0.2) is 0 Å². The monoisotopic (exact) mass is 714 g/mol. The number of hydrogen-bond acceptors (Lipinski definition) is 1. The summed E-state index contributed by atoms with van der Waals surface area (Å²) in [6.07, 6.45) is 0. The van der Waals surface area contributed by atoms with Crippen molar-refractivity contribution in [3.8, 4) is 55.6 Å². The lowest BCUT2D eigenvalue weighted by molar-refractivity contribution is 0.117. The van der Waals surface area contributed by atoms with E-state index in [0.717, 1.165) is 61.2 Å². The summed E-state index contributed by atoms with van der Waals surface area (Å²) in [5.41, 5.74) is 14.1. The maximum absolute atomic E-state index is 13.7. The summed E-state index contributed by atoms with van der Waals surface area (Å²) in [6.45, 7) is 4.57. The van der Waals surface area contributed by atoms with Crippen molar-refractivity contribution in [2.75, 3.05) is 0 Å². The van der Waals surface area contributed by atoms with Gasteiger partial charge in [-0.15, -0.1) is 0 Å². The Kier molecular flexibility index (Phi) is 8.43. The molecule has 0 spiro atoms. The van der Waals surface area contributed by atoms with Crippen molar-refractivity contribution in [1.29, 1.82) is 0 Å². The molecule has 0 saturated heterocycles. The van der Waals surface area contributed by atoms with Gasteiger partial charge in [0.1, 0.15) is 5.60 Å². The molecule has 1 atom stereocenters. The minimum absolute atomic E-state index is 0.401. The molecule has 0 radical (unpaired) electrons. The second kappa shape index (κ2) is 13.5. The van der Waals surface area contributed by atoms with E-state index in [0.29, 0.717) is 5.02 Å². The Morgan fingerprint density at radius 1 is 0.333 bits per heavy atom. The van der Waals surface area contributed by atoms with Crippen LogP contribution in [0, 0.1) is 0 Å². The predicted molar refractivity (Wildman–Crippen MR) is 226 cm³/mol. The van der Waals surface area contributed by atoms with E-state index in [-0.39, 0.29) is 0 Å². The fourth-order valence-electron chi connectivity index (χ4n) is 8.36. The molecule has 0 heterocycles. The first-order valence-electron chi connectivity index (χ1n) is 18.5. The van der Waals surface area contributed by atoms with Crippen LogP contribution < -0.4 is 0 Å². The zero-order valence-electron chi connectivity index (χ0n) is 30.3. The van der Waals surface area contributed by atoms with Crippen molar-refractivity contribution in [3.63, 3.8) is 0 Å². The smallest absolute Gasteiger partial charge is 0.141 e. The summed E-state index contributed by atoms with van der Waals surface area (Å²) >= 11 is 6.36. The lowest BCUT2D eigenvalue weighted by atomic mass is 9.60. The van der Waals surface area contributed by atoms with E-state index in [9.17, 15) is 5.11 Å². The molecule has 2 heteroatoms. The van der Waals surface area contributed by atoms with E-state index in [1.54, 1.807) is 0 Å². The molecule has 0 aliphatic heterocycles. The van der Waals surface area contributed by atoms with Crippen molar-refractivity contribution in [1.82, 2.24) is 0 Å². The molecule has 260 valence electrons. The molecule has 1 aliphatic rings. The lowest BCUT2D eigenvalue weighted by Gasteiger charge is -2.45. The van der Waals surface area contributed by atoms with Crippen LogP contribution in [0.15, 0.2) is 194 Å². The molecular formula is C52H39ClO. The predicted octanol–water partition coefficient (Wildman–Crippen LogP) is 13.6. The Morgan fingerprint density at radius 3 is 1.26 bits per heavy atom. The first-order valence-corrected chi connectivity index (χ1v) is 18.9. The Hall–Kier alpha value is -5.99. The third-order valence-corrected chi connectivity index (χ3v) is 11.5. The number of halogens is 1. The zero-order chi connectivity index (χ0) is 36.9. The molecule has 9 rings (SSSR count). The molecule has 0 bridgehead atoms. The molecular weight excluding hydrogens is 676 g/mol. The summed E-state index contributed by atoms with van der Waals surface area (Å²) in [4.78, 5) is 0. The van der Waals surface area contributed by atoms with Gasteiger partial charge in [-0.2, -0.15) is 0 Å². The maximum Gasteiger partial charge on any atom is 0.141 e. The van der Waals surface area contributed by atoms with E-state index >= 15 is 0 Å². The second-order valence-electron chi connectivity index (χ2n) is 14.8. The van der Waals surface area contributed by atoms with Crippen LogP contribution in [0.25, 0.3) is 55.6 Å². The van der Waals surface area contributed by atoms with Crippen LogP contribution in [0.1, 0.15) is 41.7 Å². The third-order valence-electron chi connectivity index (χ3n) is 11.3. The SMILES string of the molecule is CC1(C)c2cc(-c3ccc(-c4ccccc4)cc3)ccc2C(O)(c2ccccc2-c2ccc(Cl)cc2)c2cc(-c3ccc(-c4ccccc4)cc3)ccc21. The Labute approximate surface area is 322 Å². The van der Waals surface area contributed by atoms with Crippen LogP contribution in [0.5, 0.6) is 0 Å². The minimum Gasteiger partial charge on any atom is -0.376 e. The molecule has 8 aromatic carbocycles. The molecule has 8 aromatic rings. The van der Waals surface area contributed by atoms with Gasteiger partial charge in [-0.3, -0.25) is 0 Å². The fourth-order valence-corrected chi connectivity index (χ4v) is 8.48. The zero-order valence-corrected chi connectivity index (χ0v) is 31.1. The van der Waals surface area contributed by atoms with Crippen molar-refractivity contribution in [2.45, 2.75) is 24.9 Å². The van der Waals surface area contributed by atoms with E-state index in [1.165, 1.54) is 22.3 Å². The van der Waals surface area contributed by atoms with Gasteiger partial charge in [0.05, 0.1) is 0 Å². The third kappa shape index (κ3) is 5.78. The topological polar surface area (TPSA) is 20.2 Å². The highest BCUT2D eigenvalue weighted by Crippen LogP contribution is 2.54. The van der Waals surface area contributed by atoms with Gasteiger partial charge in [0.2, 0.25) is 0 Å². The molecule has 0 amide bonds. The number of benzene rings is 8. The summed E-state index contributed by atoms with van der Waals surface area (Å²) in [6, 6.07) is 67.8. The first kappa shape index (κ1) is 33.8. The summed E-state index contributed by atoms with van der Waals surface area (Å²) in [5.74, 6) is 0. The van der Waals surface area contributed by atoms with Gasteiger partial charge in [-0.05, 0) is 102 Å². The fraction of sp³-hybridized carbons (Fsp3) is 0.0769. The van der Waals surface area contributed by atoms with Crippen molar-refractivity contribution >= 4 is 11.6 Å². The molecule has 0 aromatic heterocycles. The van der Waals surface area contributed by atoms with E-state index in [2.05, 4.69) is 159 Å². The van der Waals surface area contributed by atoms with Crippen LogP contribution in [-0.4, -0.2) is 5.11 Å². The largest absolute Gasteiger partial charge is 0.376 e. The first-order chi connectivity index (χ1) is 26.3. The van der Waals surface area contributed by atoms with Crippen LogP contribution >= 0.6 is 11.6 Å². The van der Waals surface area contributed by atoms with Crippen LogP contribution in [0.2, 0.25) is 5.02 Å². The number of rotatable bonds is 6. The van der Waals surface area contributed by atoms with E-state index < -0.39 is 11.0 Å². The minimum atomic E-state index is -1.45. The summed E-state index contributed by atoms with van der Waals surface area (Å²) < 4.78 is 0. The molecule has 1 aliphatic carbocycles. The maximum atomic E-state index is 13.7. The molecule has 0 saturated carbocycles. The highest BCUT2D eigenvalue weighted by atomic mass is 35.5. The second-order valence-corrected chi connectivity index (χ2v) is 15.2. The van der Waals surface area contributed by atoms with E-state index in [1.807, 2.05) is 48.5 Å². The number of fused-ring (bicyclic) bond motifs is 2. The quantitative estimate of drug-likeness (QED) is 0.182. The Balaban J connectivity index is 1.22. The van der Waals surface area contributed by atoms with Gasteiger partial charge in [0.25, 0.3) is 0 Å². The van der Waals surface area contributed by atoms with Gasteiger partial charge in [-0.1, -0.05) is 195 Å². The van der Waals surface area contributed by atoms with Gasteiger partial charge in [0, 0.05) is 16.0 Å². The molecule has 1 nitrogen and oxygen atoms in total. The Morgan fingerprint density at radius 2 is 0.722 bits per heavy atom. The highest BCUT2D eigenvalue weighted by molar-refractivity contribution is 6.30. The Bertz CT molecular complexity index is 2610. The number of aliphatic hydroxyl groups is 1. The van der Waals surface area contributed by atoms with Crippen molar-refractivity contribution in [3.05, 3.63) is 227 Å². The van der Waals surface area contributed by atoms with Gasteiger partial charge in [0.15, 0.2) is 0 Å². The van der Waals surface area contributed by atoms with Crippen LogP contribution in [0.4, 0.5) is 0 Å². The standard InChI is InChI=1S/C52H39ClO/c1-51(2)47-31-27-43(40-23-19-38(20-24-40)36-13-7-4-8-14-36)34-50(47)52(54,46-16-10-9-15-45(46)41-25-29-44(53)30-26-41)48-32-28-42(33-49(48)51)39-21-17-37(18-22-39)35-11-5-3-6-12-35/h3-34,54H,1-2H3. The van der Waals surface area contributed by atoms with Crippen molar-refractivity contribution < 1.29 is 5.11 Å². The van der Waals surface area contributed by atoms with Gasteiger partial charge >= 0.3 is 0 Å². The van der Waals surface area contributed by atoms with Gasteiger partial charge < -0.3 is 5.11 Å². The molecule has 54 heavy (non-hydrogen) atoms. The lowest BCUT2D eigenvalue weighted by Crippen LogP contribution is -2.41. The highest BCUT2D eigenvalue weighted by Gasteiger charge is 2.48. The molecule has 1 N–H and O–H groups in total. The average molecular weight is 715 g/mol.